The Balaban J connectivity index is 0.00000228. The number of nitrogens with one attached hydrogen (secondary N) is 1. The number of amides is 1. The van der Waals surface area contributed by atoms with Gasteiger partial charge in [-0.15, -0.1) is 24.8 Å². The first kappa shape index (κ1) is 29.7. The van der Waals surface area contributed by atoms with Gasteiger partial charge < -0.3 is 10.1 Å². The molecule has 36 heavy (non-hydrogen) atoms. The molecular formula is C26H31Cl2N3O4S. The van der Waals surface area contributed by atoms with E-state index >= 15 is 0 Å². The number of hydrogen-bond acceptors (Lipinski definition) is 6. The smallest absolute Gasteiger partial charge is 0.253 e. The van der Waals surface area contributed by atoms with Crippen molar-refractivity contribution in [2.45, 2.75) is 11.8 Å². The predicted molar refractivity (Wildman–Crippen MR) is 147 cm³/mol. The van der Waals surface area contributed by atoms with Gasteiger partial charge in [-0.1, -0.05) is 42.5 Å². The Morgan fingerprint density at radius 2 is 1.67 bits per heavy atom. The lowest BCUT2D eigenvalue weighted by Gasteiger charge is -2.26. The standard InChI is InChI=1S/C26H29N3O4S.2ClH/c1-19-25(26(30)27-11-12-29-13-15-33-16-14-29)23(18-24(28-19)20-7-4-3-5-8-20)21-9-6-10-22(17-21)34(2,31)32;;/h3-10,17-18H,11-16H2,1-2H3,(H,27,30);2*1H. The molecule has 1 N–H and O–H groups in total. The monoisotopic (exact) mass is 551 g/mol. The minimum atomic E-state index is -3.40. The number of sulfone groups is 1. The molecule has 7 nitrogen and oxygen atoms in total. The van der Waals surface area contributed by atoms with Crippen molar-refractivity contribution in [3.05, 3.63) is 71.9 Å². The number of carbonyl (C=O) groups excluding carboxylic acids is 1. The molecule has 2 aromatic carbocycles. The molecule has 10 heteroatoms. The molecule has 2 heterocycles. The van der Waals surface area contributed by atoms with E-state index in [1.54, 1.807) is 18.2 Å². The van der Waals surface area contributed by atoms with Gasteiger partial charge in [0.05, 0.1) is 35.1 Å². The molecule has 1 aliphatic rings. The minimum Gasteiger partial charge on any atom is -0.379 e. The van der Waals surface area contributed by atoms with Gasteiger partial charge in [-0.3, -0.25) is 14.7 Å². The van der Waals surface area contributed by atoms with Crippen molar-refractivity contribution in [3.63, 3.8) is 0 Å². The van der Waals surface area contributed by atoms with Crippen molar-refractivity contribution in [1.82, 2.24) is 15.2 Å². The van der Waals surface area contributed by atoms with E-state index in [0.29, 0.717) is 42.1 Å². The number of nitrogens with zero attached hydrogens (tertiary/aromatic N) is 2. The topological polar surface area (TPSA) is 88.6 Å². The number of carbonyl (C=O) groups is 1. The Hall–Kier alpha value is -2.49. The number of halogens is 2. The van der Waals surface area contributed by atoms with E-state index < -0.39 is 9.84 Å². The quantitative estimate of drug-likeness (QED) is 0.476. The van der Waals surface area contributed by atoms with Crippen molar-refractivity contribution < 1.29 is 17.9 Å². The second-order valence-corrected chi connectivity index (χ2v) is 10.4. The maximum absolute atomic E-state index is 13.3. The molecule has 0 aliphatic carbocycles. The summed E-state index contributed by atoms with van der Waals surface area (Å²) in [6, 6.07) is 18.3. The number of aromatic nitrogens is 1. The summed E-state index contributed by atoms with van der Waals surface area (Å²) in [5.41, 5.74) is 4.00. The number of pyridine rings is 1. The molecule has 1 amide bonds. The third-order valence-electron chi connectivity index (χ3n) is 5.89. The Labute approximate surface area is 225 Å². The first-order valence-electron chi connectivity index (χ1n) is 11.3. The highest BCUT2D eigenvalue weighted by atomic mass is 35.5. The number of benzene rings is 2. The molecule has 0 radical (unpaired) electrons. The van der Waals surface area contributed by atoms with Gasteiger partial charge in [-0.05, 0) is 36.2 Å². The third-order valence-corrected chi connectivity index (χ3v) is 7.00. The molecule has 1 aliphatic heterocycles. The van der Waals surface area contributed by atoms with Crippen molar-refractivity contribution in [2.24, 2.45) is 0 Å². The Morgan fingerprint density at radius 1 is 1.00 bits per heavy atom. The molecule has 1 saturated heterocycles. The van der Waals surface area contributed by atoms with Crippen LogP contribution in [0.4, 0.5) is 0 Å². The molecule has 1 fully saturated rings. The fourth-order valence-corrected chi connectivity index (χ4v) is 4.75. The van der Waals surface area contributed by atoms with E-state index in [2.05, 4.69) is 10.2 Å². The summed E-state index contributed by atoms with van der Waals surface area (Å²) in [6.07, 6.45) is 1.18. The molecule has 0 bridgehead atoms. The summed E-state index contributed by atoms with van der Waals surface area (Å²) in [7, 11) is -3.40. The lowest BCUT2D eigenvalue weighted by atomic mass is 9.96. The van der Waals surface area contributed by atoms with Gasteiger partial charge in [0.1, 0.15) is 0 Å². The van der Waals surface area contributed by atoms with Crippen LogP contribution in [0, 0.1) is 6.92 Å². The minimum absolute atomic E-state index is 0. The van der Waals surface area contributed by atoms with Gasteiger partial charge in [0, 0.05) is 38.0 Å². The molecule has 1 aromatic heterocycles. The van der Waals surface area contributed by atoms with Gasteiger partial charge in [0.2, 0.25) is 0 Å². The number of hydrogen-bond donors (Lipinski definition) is 1. The molecule has 0 atom stereocenters. The second-order valence-electron chi connectivity index (χ2n) is 8.39. The Kier molecular flexibility index (Phi) is 10.9. The molecule has 194 valence electrons. The Bertz CT molecular complexity index is 1280. The van der Waals surface area contributed by atoms with Crippen LogP contribution in [0.5, 0.6) is 0 Å². The van der Waals surface area contributed by atoms with Crippen molar-refractivity contribution in [3.8, 4) is 22.4 Å². The zero-order valence-electron chi connectivity index (χ0n) is 20.3. The van der Waals surface area contributed by atoms with Crippen molar-refractivity contribution in [2.75, 3.05) is 45.6 Å². The summed E-state index contributed by atoms with van der Waals surface area (Å²) in [6.45, 7) is 6.17. The highest BCUT2D eigenvalue weighted by molar-refractivity contribution is 7.90. The highest BCUT2D eigenvalue weighted by Crippen LogP contribution is 2.31. The first-order chi connectivity index (χ1) is 16.3. The Morgan fingerprint density at radius 3 is 2.33 bits per heavy atom. The summed E-state index contributed by atoms with van der Waals surface area (Å²) in [5.74, 6) is -0.224. The summed E-state index contributed by atoms with van der Waals surface area (Å²) in [5, 5.41) is 3.02. The maximum Gasteiger partial charge on any atom is 0.253 e. The van der Waals surface area contributed by atoms with E-state index in [1.165, 1.54) is 6.26 Å². The van der Waals surface area contributed by atoms with Gasteiger partial charge in [0.25, 0.3) is 5.91 Å². The SMILES string of the molecule is Cc1nc(-c2ccccc2)cc(-c2cccc(S(C)(=O)=O)c2)c1C(=O)NCCN1CCOCC1.Cl.Cl. The molecule has 0 spiro atoms. The van der Waals surface area contributed by atoms with Gasteiger partial charge in [0.15, 0.2) is 9.84 Å². The summed E-state index contributed by atoms with van der Waals surface area (Å²) >= 11 is 0. The van der Waals surface area contributed by atoms with Crippen LogP contribution in [0.25, 0.3) is 22.4 Å². The van der Waals surface area contributed by atoms with E-state index in [4.69, 9.17) is 9.72 Å². The van der Waals surface area contributed by atoms with E-state index in [-0.39, 0.29) is 35.6 Å². The normalized spacial score (nSPS) is 13.8. The second kappa shape index (κ2) is 13.2. The van der Waals surface area contributed by atoms with Crippen LogP contribution in [0.2, 0.25) is 0 Å². The molecule has 0 unspecified atom stereocenters. The van der Waals surface area contributed by atoms with Crippen LogP contribution >= 0.6 is 24.8 Å². The van der Waals surface area contributed by atoms with Crippen LogP contribution in [0.1, 0.15) is 16.1 Å². The maximum atomic E-state index is 13.3. The van der Waals surface area contributed by atoms with Crippen molar-refractivity contribution >= 4 is 40.6 Å². The average molecular weight is 553 g/mol. The van der Waals surface area contributed by atoms with Crippen LogP contribution in [-0.4, -0.2) is 69.9 Å². The van der Waals surface area contributed by atoms with Gasteiger partial charge in [-0.2, -0.15) is 0 Å². The number of aryl methyl sites for hydroxylation is 1. The highest BCUT2D eigenvalue weighted by Gasteiger charge is 2.20. The first-order valence-corrected chi connectivity index (χ1v) is 13.2. The summed E-state index contributed by atoms with van der Waals surface area (Å²) in [4.78, 5) is 20.5. The van der Waals surface area contributed by atoms with Gasteiger partial charge >= 0.3 is 0 Å². The van der Waals surface area contributed by atoms with Crippen LogP contribution in [0.3, 0.4) is 0 Å². The molecule has 4 rings (SSSR count). The lowest BCUT2D eigenvalue weighted by molar-refractivity contribution is 0.0383. The van der Waals surface area contributed by atoms with Crippen molar-refractivity contribution in [1.29, 1.82) is 0 Å². The zero-order valence-corrected chi connectivity index (χ0v) is 22.7. The van der Waals surface area contributed by atoms with E-state index in [9.17, 15) is 13.2 Å². The third kappa shape index (κ3) is 7.27. The van der Waals surface area contributed by atoms with Gasteiger partial charge in [-0.25, -0.2) is 8.42 Å². The molecule has 3 aromatic rings. The fourth-order valence-electron chi connectivity index (χ4n) is 4.08. The fraction of sp³-hybridized carbons (Fsp3) is 0.308. The number of ether oxygens (including phenoxy) is 1. The number of morpholine rings is 1. The largest absolute Gasteiger partial charge is 0.379 e. The van der Waals surface area contributed by atoms with Crippen LogP contribution in [0.15, 0.2) is 65.6 Å². The summed E-state index contributed by atoms with van der Waals surface area (Å²) < 4.78 is 29.7. The van der Waals surface area contributed by atoms with E-state index in [0.717, 1.165) is 30.9 Å². The average Bonchev–Trinajstić information content (AvgIpc) is 2.84. The van der Waals surface area contributed by atoms with Crippen LogP contribution < -0.4 is 5.32 Å². The van der Waals surface area contributed by atoms with Crippen LogP contribution in [-0.2, 0) is 14.6 Å². The van der Waals surface area contributed by atoms with E-state index in [1.807, 2.05) is 49.4 Å². The lowest BCUT2D eigenvalue weighted by Crippen LogP contribution is -2.41. The molecule has 0 saturated carbocycles. The predicted octanol–water partition coefficient (Wildman–Crippen LogP) is 4.03. The number of rotatable bonds is 7. The molecular weight excluding hydrogens is 521 g/mol. The zero-order chi connectivity index (χ0) is 24.1.